The fourth-order valence-electron chi connectivity index (χ4n) is 4.14. The van der Waals surface area contributed by atoms with Crippen LogP contribution in [0, 0.1) is 6.92 Å². The number of hydrogen-bond acceptors (Lipinski definition) is 1. The lowest BCUT2D eigenvalue weighted by Crippen LogP contribution is -2.37. The van der Waals surface area contributed by atoms with Crippen molar-refractivity contribution < 1.29 is 0 Å². The quantitative estimate of drug-likeness (QED) is 0.655. The first-order chi connectivity index (χ1) is 10.7. The summed E-state index contributed by atoms with van der Waals surface area (Å²) in [6, 6.07) is 14.4. The summed E-state index contributed by atoms with van der Waals surface area (Å²) in [5, 5.41) is 2.70. The van der Waals surface area contributed by atoms with Crippen molar-refractivity contribution in [2.24, 2.45) is 0 Å². The largest absolute Gasteiger partial charge is 0.354 e. The van der Waals surface area contributed by atoms with Crippen molar-refractivity contribution in [2.75, 3.05) is 7.05 Å². The maximum Gasteiger partial charge on any atom is 0.0516 e. The lowest BCUT2D eigenvalue weighted by atomic mass is 9.88. The molecule has 0 amide bonds. The Balaban J connectivity index is 1.98. The molecule has 1 aromatic heterocycles. The number of aromatic nitrogens is 1. The van der Waals surface area contributed by atoms with Crippen LogP contribution in [0.15, 0.2) is 36.4 Å². The third-order valence-corrected chi connectivity index (χ3v) is 5.56. The predicted octanol–water partition coefficient (Wildman–Crippen LogP) is 5.17. The molecule has 0 saturated carbocycles. The van der Waals surface area contributed by atoms with Crippen molar-refractivity contribution in [3.63, 3.8) is 0 Å². The van der Waals surface area contributed by atoms with Crippen molar-refractivity contribution in [1.82, 2.24) is 9.88 Å². The molecule has 2 nitrogen and oxygen atoms in total. The molecule has 114 valence electrons. The Hall–Kier alpha value is -1.80. The highest BCUT2D eigenvalue weighted by atomic mass is 15.2. The number of hydrogen-bond donors (Lipinski definition) is 1. The molecule has 1 saturated heterocycles. The third-order valence-electron chi connectivity index (χ3n) is 5.56. The van der Waals surface area contributed by atoms with Crippen LogP contribution >= 0.6 is 0 Å². The van der Waals surface area contributed by atoms with Crippen LogP contribution in [-0.4, -0.2) is 23.0 Å². The number of aromatic amines is 1. The lowest BCUT2D eigenvalue weighted by molar-refractivity contribution is 0.127. The van der Waals surface area contributed by atoms with E-state index in [1.807, 2.05) is 0 Å². The number of likely N-dealkylation sites (tertiary alicyclic amines) is 1. The van der Waals surface area contributed by atoms with E-state index in [-0.39, 0.29) is 0 Å². The highest BCUT2D eigenvalue weighted by molar-refractivity contribution is 6.08. The highest BCUT2D eigenvalue weighted by Crippen LogP contribution is 2.39. The van der Waals surface area contributed by atoms with Gasteiger partial charge in [0.2, 0.25) is 0 Å². The van der Waals surface area contributed by atoms with E-state index >= 15 is 0 Å². The molecule has 0 bridgehead atoms. The first-order valence-corrected chi connectivity index (χ1v) is 8.38. The molecule has 2 unspecified atom stereocenters. The monoisotopic (exact) mass is 292 g/mol. The second-order valence-electron chi connectivity index (χ2n) is 6.85. The van der Waals surface area contributed by atoms with Crippen molar-refractivity contribution in [3.8, 4) is 0 Å². The molecule has 0 radical (unpaired) electrons. The molecule has 0 aliphatic carbocycles. The Labute approximate surface area is 132 Å². The van der Waals surface area contributed by atoms with Gasteiger partial charge in [-0.05, 0) is 50.9 Å². The second-order valence-corrected chi connectivity index (χ2v) is 6.85. The summed E-state index contributed by atoms with van der Waals surface area (Å²) < 4.78 is 0. The van der Waals surface area contributed by atoms with Gasteiger partial charge in [0, 0.05) is 28.4 Å². The number of H-pyrrole nitrogens is 1. The molecule has 1 N–H and O–H groups in total. The topological polar surface area (TPSA) is 19.0 Å². The van der Waals surface area contributed by atoms with Crippen LogP contribution in [0.5, 0.6) is 0 Å². The Kier molecular flexibility index (Phi) is 3.23. The Morgan fingerprint density at radius 3 is 2.73 bits per heavy atom. The van der Waals surface area contributed by atoms with Crippen LogP contribution in [0.4, 0.5) is 0 Å². The van der Waals surface area contributed by atoms with Gasteiger partial charge in [-0.3, -0.25) is 4.90 Å². The average Bonchev–Trinajstić information content (AvgIpc) is 2.89. The Morgan fingerprint density at radius 1 is 1.05 bits per heavy atom. The van der Waals surface area contributed by atoms with Crippen molar-refractivity contribution in [3.05, 3.63) is 47.5 Å². The molecule has 4 rings (SSSR count). The standard InChI is InChI=1S/C20H24N2/c1-13-11-12-16-15-8-4-5-9-17(15)21-20(16)19(13)18-10-6-7-14(2)22(18)3/h4-5,8-9,11-12,14,18,21H,6-7,10H2,1-3H3. The molecule has 2 heteroatoms. The zero-order chi connectivity index (χ0) is 15.3. The van der Waals surface area contributed by atoms with E-state index in [0.29, 0.717) is 12.1 Å². The zero-order valence-electron chi connectivity index (χ0n) is 13.7. The number of piperidine rings is 1. The van der Waals surface area contributed by atoms with E-state index in [4.69, 9.17) is 0 Å². The first-order valence-electron chi connectivity index (χ1n) is 8.38. The minimum absolute atomic E-state index is 0.528. The maximum atomic E-state index is 3.69. The molecule has 1 fully saturated rings. The Bertz CT molecular complexity index is 830. The number of nitrogens with one attached hydrogen (secondary N) is 1. The predicted molar refractivity (Wildman–Crippen MR) is 94.4 cm³/mol. The van der Waals surface area contributed by atoms with E-state index in [1.165, 1.54) is 52.2 Å². The van der Waals surface area contributed by atoms with Crippen LogP contribution in [0.25, 0.3) is 21.8 Å². The van der Waals surface area contributed by atoms with Crippen LogP contribution < -0.4 is 0 Å². The molecule has 1 aliphatic rings. The van der Waals surface area contributed by atoms with Crippen molar-refractivity contribution in [2.45, 2.75) is 45.2 Å². The van der Waals surface area contributed by atoms with Gasteiger partial charge in [-0.2, -0.15) is 0 Å². The molecule has 0 spiro atoms. The smallest absolute Gasteiger partial charge is 0.0516 e. The summed E-state index contributed by atoms with van der Waals surface area (Å²) >= 11 is 0. The normalized spacial score (nSPS) is 23.4. The molecular weight excluding hydrogens is 268 g/mol. The number of para-hydroxylation sites is 1. The molecular formula is C20H24N2. The summed E-state index contributed by atoms with van der Waals surface area (Å²) in [5.41, 5.74) is 5.50. The summed E-state index contributed by atoms with van der Waals surface area (Å²) in [5.74, 6) is 0. The number of aryl methyl sites for hydroxylation is 1. The van der Waals surface area contributed by atoms with Gasteiger partial charge >= 0.3 is 0 Å². The van der Waals surface area contributed by atoms with Crippen LogP contribution in [0.2, 0.25) is 0 Å². The van der Waals surface area contributed by atoms with E-state index in [2.05, 4.69) is 67.2 Å². The number of nitrogens with zero attached hydrogens (tertiary/aromatic N) is 1. The molecule has 3 aromatic rings. The van der Waals surface area contributed by atoms with E-state index in [9.17, 15) is 0 Å². The van der Waals surface area contributed by atoms with Crippen LogP contribution in [-0.2, 0) is 0 Å². The second kappa shape index (κ2) is 5.13. The van der Waals surface area contributed by atoms with Crippen molar-refractivity contribution in [1.29, 1.82) is 0 Å². The minimum atomic E-state index is 0.528. The maximum absolute atomic E-state index is 3.69. The molecule has 2 heterocycles. The number of fused-ring (bicyclic) bond motifs is 3. The average molecular weight is 292 g/mol. The van der Waals surface area contributed by atoms with Crippen LogP contribution in [0.3, 0.4) is 0 Å². The Morgan fingerprint density at radius 2 is 1.86 bits per heavy atom. The molecule has 22 heavy (non-hydrogen) atoms. The van der Waals surface area contributed by atoms with Crippen molar-refractivity contribution >= 4 is 21.8 Å². The summed E-state index contributed by atoms with van der Waals surface area (Å²) in [4.78, 5) is 6.26. The minimum Gasteiger partial charge on any atom is -0.354 e. The number of rotatable bonds is 1. The lowest BCUT2D eigenvalue weighted by Gasteiger charge is -2.39. The summed E-state index contributed by atoms with van der Waals surface area (Å²) in [7, 11) is 2.29. The van der Waals surface area contributed by atoms with Gasteiger partial charge in [-0.25, -0.2) is 0 Å². The van der Waals surface area contributed by atoms with Gasteiger partial charge in [-0.15, -0.1) is 0 Å². The third kappa shape index (κ3) is 1.98. The molecule has 1 aliphatic heterocycles. The first kappa shape index (κ1) is 13.8. The molecule has 2 aromatic carbocycles. The van der Waals surface area contributed by atoms with E-state index in [0.717, 1.165) is 0 Å². The van der Waals surface area contributed by atoms with E-state index in [1.54, 1.807) is 0 Å². The fraction of sp³-hybridized carbons (Fsp3) is 0.400. The number of benzene rings is 2. The summed E-state index contributed by atoms with van der Waals surface area (Å²) in [6.45, 7) is 4.61. The fourth-order valence-corrected chi connectivity index (χ4v) is 4.14. The molecule has 2 atom stereocenters. The highest BCUT2D eigenvalue weighted by Gasteiger charge is 2.28. The van der Waals surface area contributed by atoms with Gasteiger partial charge in [0.15, 0.2) is 0 Å². The zero-order valence-corrected chi connectivity index (χ0v) is 13.7. The van der Waals surface area contributed by atoms with Crippen LogP contribution in [0.1, 0.15) is 43.4 Å². The SMILES string of the molecule is Cc1ccc2c([nH]c3ccccc32)c1C1CCCC(C)N1C. The van der Waals surface area contributed by atoms with Gasteiger partial charge in [-0.1, -0.05) is 36.8 Å². The van der Waals surface area contributed by atoms with Gasteiger partial charge in [0.05, 0.1) is 5.52 Å². The van der Waals surface area contributed by atoms with Gasteiger partial charge in [0.1, 0.15) is 0 Å². The van der Waals surface area contributed by atoms with Gasteiger partial charge in [0.25, 0.3) is 0 Å². The summed E-state index contributed by atoms with van der Waals surface area (Å²) in [6.07, 6.45) is 3.90. The van der Waals surface area contributed by atoms with Gasteiger partial charge < -0.3 is 4.98 Å². The van der Waals surface area contributed by atoms with E-state index < -0.39 is 0 Å².